The summed E-state index contributed by atoms with van der Waals surface area (Å²) in [6.45, 7) is 14.2. The molecule has 0 spiro atoms. The second kappa shape index (κ2) is 19.3. The van der Waals surface area contributed by atoms with Crippen LogP contribution >= 0.6 is 0 Å². The van der Waals surface area contributed by atoms with E-state index in [1.165, 1.54) is 0 Å². The average molecular weight is 711 g/mol. The van der Waals surface area contributed by atoms with E-state index >= 15 is 0 Å². The Balaban J connectivity index is 1.74. The zero-order valence-corrected chi connectivity index (χ0v) is 32.6. The monoisotopic (exact) mass is 710 g/mol. The third-order valence-corrected chi connectivity index (χ3v) is 10.4. The van der Waals surface area contributed by atoms with Crippen LogP contribution in [0.2, 0.25) is 0 Å². The number of aromatic nitrogens is 1. The number of pyridine rings is 1. The maximum absolute atomic E-state index is 14.1. The molecule has 12 heteroatoms. The van der Waals surface area contributed by atoms with Crippen LogP contribution < -0.4 is 16.0 Å². The van der Waals surface area contributed by atoms with E-state index in [2.05, 4.69) is 20.9 Å². The summed E-state index contributed by atoms with van der Waals surface area (Å²) in [4.78, 5) is 62.7. The van der Waals surface area contributed by atoms with Gasteiger partial charge in [-0.05, 0) is 69.0 Å². The van der Waals surface area contributed by atoms with Crippen molar-refractivity contribution in [3.8, 4) is 0 Å². The van der Waals surface area contributed by atoms with Crippen LogP contribution in [0.5, 0.6) is 0 Å². The second-order valence-electron chi connectivity index (χ2n) is 15.0. The molecule has 3 N–H and O–H groups in total. The predicted molar refractivity (Wildman–Crippen MR) is 201 cm³/mol. The lowest BCUT2D eigenvalue weighted by molar-refractivity contribution is -0.142. The van der Waals surface area contributed by atoms with Gasteiger partial charge in [-0.3, -0.25) is 29.1 Å². The molecule has 1 aromatic heterocycles. The van der Waals surface area contributed by atoms with Gasteiger partial charge in [0.05, 0.1) is 48.2 Å². The molecule has 51 heavy (non-hydrogen) atoms. The first-order valence-electron chi connectivity index (χ1n) is 18.4. The minimum absolute atomic E-state index is 0.0175. The van der Waals surface area contributed by atoms with Gasteiger partial charge in [-0.25, -0.2) is 0 Å². The van der Waals surface area contributed by atoms with E-state index < -0.39 is 30.2 Å². The van der Waals surface area contributed by atoms with Gasteiger partial charge < -0.3 is 30.3 Å². The highest BCUT2D eigenvalue weighted by molar-refractivity contribution is 5.95. The van der Waals surface area contributed by atoms with Crippen LogP contribution in [0.15, 0.2) is 36.5 Å². The summed E-state index contributed by atoms with van der Waals surface area (Å²) in [6.07, 6.45) is 2.85. The van der Waals surface area contributed by atoms with Crippen molar-refractivity contribution in [2.75, 3.05) is 40.2 Å². The van der Waals surface area contributed by atoms with Gasteiger partial charge in [-0.15, -0.1) is 0 Å². The maximum atomic E-state index is 14.1. The van der Waals surface area contributed by atoms with Crippen molar-refractivity contribution in [1.82, 2.24) is 25.4 Å². The molecular weight excluding hydrogens is 648 g/mol. The molecule has 1 fully saturated rings. The Bertz CT molecular complexity index is 1460. The second-order valence-corrected chi connectivity index (χ2v) is 15.0. The van der Waals surface area contributed by atoms with Gasteiger partial charge in [0.15, 0.2) is 0 Å². The van der Waals surface area contributed by atoms with Crippen molar-refractivity contribution < 1.29 is 28.7 Å². The van der Waals surface area contributed by atoms with E-state index in [4.69, 9.17) is 9.47 Å². The van der Waals surface area contributed by atoms with E-state index in [0.717, 1.165) is 23.7 Å². The number of ether oxygens (including phenoxy) is 2. The quantitative estimate of drug-likeness (QED) is 0.206. The number of likely N-dealkylation sites (tertiary alicyclic amines) is 1. The number of amides is 4. The number of likely N-dealkylation sites (N-methyl/N-ethyl adjacent to an activating group) is 1. The molecule has 8 atom stereocenters. The van der Waals surface area contributed by atoms with Gasteiger partial charge in [0.25, 0.3) is 0 Å². The van der Waals surface area contributed by atoms with Gasteiger partial charge in [0.1, 0.15) is 6.04 Å². The molecule has 3 rings (SSSR count). The smallest absolute Gasteiger partial charge is 0.243 e. The molecule has 1 aliphatic heterocycles. The van der Waals surface area contributed by atoms with Gasteiger partial charge in [0.2, 0.25) is 23.6 Å². The lowest BCUT2D eigenvalue weighted by atomic mass is 9.90. The fourth-order valence-electron chi connectivity index (χ4n) is 7.36. The van der Waals surface area contributed by atoms with Gasteiger partial charge in [0, 0.05) is 38.0 Å². The molecule has 0 unspecified atom stereocenters. The van der Waals surface area contributed by atoms with Crippen molar-refractivity contribution in [3.05, 3.63) is 36.5 Å². The molecule has 1 aromatic carbocycles. The first-order chi connectivity index (χ1) is 24.1. The zero-order chi connectivity index (χ0) is 38.0. The highest BCUT2D eigenvalue weighted by Gasteiger charge is 2.42. The van der Waals surface area contributed by atoms with Crippen molar-refractivity contribution >= 4 is 40.2 Å². The van der Waals surface area contributed by atoms with Crippen molar-refractivity contribution in [2.24, 2.45) is 23.7 Å². The molecule has 0 radical (unpaired) electrons. The number of carbonyl (C=O) groups excluding carboxylic acids is 4. The van der Waals surface area contributed by atoms with Gasteiger partial charge in [-0.2, -0.15) is 0 Å². The van der Waals surface area contributed by atoms with Crippen LogP contribution in [0, 0.1) is 23.7 Å². The lowest BCUT2D eigenvalue weighted by Gasteiger charge is -2.37. The molecule has 2 aromatic rings. The summed E-state index contributed by atoms with van der Waals surface area (Å²) < 4.78 is 11.9. The first kappa shape index (κ1) is 41.8. The van der Waals surface area contributed by atoms with Gasteiger partial charge >= 0.3 is 0 Å². The molecule has 4 amide bonds. The molecule has 1 aliphatic rings. The van der Waals surface area contributed by atoms with Crippen molar-refractivity contribution in [2.45, 2.75) is 111 Å². The Morgan fingerprint density at radius 1 is 0.941 bits per heavy atom. The highest BCUT2D eigenvalue weighted by atomic mass is 16.5. The van der Waals surface area contributed by atoms with E-state index in [0.29, 0.717) is 18.7 Å². The predicted octanol–water partition coefficient (Wildman–Crippen LogP) is 4.48. The summed E-state index contributed by atoms with van der Waals surface area (Å²) in [5, 5.41) is 10.1. The van der Waals surface area contributed by atoms with Crippen LogP contribution in [-0.4, -0.2) is 110 Å². The molecule has 2 heterocycles. The Morgan fingerprint density at radius 2 is 1.65 bits per heavy atom. The number of anilines is 1. The first-order valence-corrected chi connectivity index (χ1v) is 18.4. The minimum atomic E-state index is -0.761. The Morgan fingerprint density at radius 3 is 2.24 bits per heavy atom. The van der Waals surface area contributed by atoms with E-state index in [9.17, 15) is 19.2 Å². The number of methoxy groups -OCH3 is 2. The topological polar surface area (TPSA) is 142 Å². The number of rotatable bonds is 18. The fourth-order valence-corrected chi connectivity index (χ4v) is 7.36. The average Bonchev–Trinajstić information content (AvgIpc) is 3.57. The normalized spacial score (nSPS) is 19.0. The van der Waals surface area contributed by atoms with Crippen LogP contribution in [0.3, 0.4) is 0 Å². The van der Waals surface area contributed by atoms with E-state index in [-0.39, 0.29) is 59.9 Å². The zero-order valence-electron chi connectivity index (χ0n) is 32.6. The molecule has 12 nitrogen and oxygen atoms in total. The Kier molecular flexibility index (Phi) is 15.8. The highest BCUT2D eigenvalue weighted by Crippen LogP contribution is 2.29. The fraction of sp³-hybridized carbons (Fsp3) is 0.667. The van der Waals surface area contributed by atoms with Gasteiger partial charge in [-0.1, -0.05) is 61.0 Å². The number of hydrogen-bond acceptors (Lipinski definition) is 8. The van der Waals surface area contributed by atoms with Crippen LogP contribution in [0.1, 0.15) is 74.1 Å². The standard InChI is InChI=1S/C39H62N6O6/c1-12-25(6)34(43-38(48)33(23(2)3)42-39(49)35(24(4)5)44(8)9)31(50-10)22-32(46)45-20-14-16-30(45)36(51-11)26(7)37(47)41-28-17-18-29-27(21-28)15-13-19-40-29/h13,15,17-19,21,23-26,30-31,33-36H,12,14,16,20,22H2,1-11H3,(H,41,47)(H,42,49)(H,43,48)/t25-,26+,30-,31+,33-,34-,35-,36+/m0/s1. The van der Waals surface area contributed by atoms with Crippen molar-refractivity contribution in [1.29, 1.82) is 0 Å². The van der Waals surface area contributed by atoms with Crippen molar-refractivity contribution in [3.63, 3.8) is 0 Å². The number of nitrogens with one attached hydrogen (secondary N) is 3. The number of hydrogen-bond donors (Lipinski definition) is 3. The number of nitrogens with zero attached hydrogens (tertiary/aromatic N) is 3. The lowest BCUT2D eigenvalue weighted by Crippen LogP contribution is -2.59. The van der Waals surface area contributed by atoms with E-state index in [1.54, 1.807) is 20.4 Å². The molecule has 0 aliphatic carbocycles. The SMILES string of the molecule is CC[C@H](C)[C@H](NC(=O)[C@@H](NC(=O)[C@H](C(C)C)N(C)C)C(C)C)[C@@H](CC(=O)N1CCC[C@H]1[C@H](OC)[C@@H](C)C(=O)Nc1ccc2ncccc2c1)OC. The molecule has 0 saturated carbocycles. The third kappa shape index (κ3) is 10.7. The molecule has 1 saturated heterocycles. The Hall–Kier alpha value is -3.61. The number of benzene rings is 1. The summed E-state index contributed by atoms with van der Waals surface area (Å²) in [5.74, 6) is -1.50. The summed E-state index contributed by atoms with van der Waals surface area (Å²) in [6, 6.07) is 7.46. The van der Waals surface area contributed by atoms with E-state index in [1.807, 2.05) is 103 Å². The number of fused-ring (bicyclic) bond motifs is 1. The maximum Gasteiger partial charge on any atom is 0.243 e. The molecule has 284 valence electrons. The summed E-state index contributed by atoms with van der Waals surface area (Å²) in [5.41, 5.74) is 1.51. The summed E-state index contributed by atoms with van der Waals surface area (Å²) in [7, 11) is 6.84. The minimum Gasteiger partial charge on any atom is -0.379 e. The Labute approximate surface area is 304 Å². The molecular formula is C39H62N6O6. The largest absolute Gasteiger partial charge is 0.379 e. The van der Waals surface area contributed by atoms with Crippen LogP contribution in [0.25, 0.3) is 10.9 Å². The van der Waals surface area contributed by atoms with Crippen LogP contribution in [0.4, 0.5) is 5.69 Å². The molecule has 0 bridgehead atoms. The van der Waals surface area contributed by atoms with Crippen LogP contribution in [-0.2, 0) is 28.7 Å². The number of carbonyl (C=O) groups is 4. The summed E-state index contributed by atoms with van der Waals surface area (Å²) >= 11 is 0. The third-order valence-electron chi connectivity index (χ3n) is 10.4.